The number of methoxy groups -OCH3 is 1. The molecule has 0 radical (unpaired) electrons. The SMILES string of the molecule is COc1ncc(-c2cc(OC(C)C)c3ncnc(C)c3c2)cc1-c1ccc(F)c(S(N)(=O)=O)c1F. The molecule has 8 nitrogen and oxygen atoms in total. The summed E-state index contributed by atoms with van der Waals surface area (Å²) in [7, 11) is -3.33. The Morgan fingerprint density at radius 3 is 2.40 bits per heavy atom. The van der Waals surface area contributed by atoms with Crippen molar-refractivity contribution >= 4 is 20.9 Å². The first-order chi connectivity index (χ1) is 16.5. The number of nitrogens with two attached hydrogens (primary N) is 1. The Hall–Kier alpha value is -3.70. The Kier molecular flexibility index (Phi) is 6.39. The maximum absolute atomic E-state index is 15.2. The second kappa shape index (κ2) is 9.16. The van der Waals surface area contributed by atoms with Crippen LogP contribution in [0, 0.1) is 18.6 Å². The molecule has 0 amide bonds. The van der Waals surface area contributed by atoms with Crippen molar-refractivity contribution < 1.29 is 26.7 Å². The summed E-state index contributed by atoms with van der Waals surface area (Å²) in [5.74, 6) is -2.09. The van der Waals surface area contributed by atoms with Gasteiger partial charge in [-0.3, -0.25) is 0 Å². The Morgan fingerprint density at radius 2 is 1.74 bits per heavy atom. The van der Waals surface area contributed by atoms with Gasteiger partial charge in [0.25, 0.3) is 0 Å². The van der Waals surface area contributed by atoms with Gasteiger partial charge in [-0.1, -0.05) is 0 Å². The van der Waals surface area contributed by atoms with Crippen molar-refractivity contribution in [2.45, 2.75) is 31.8 Å². The summed E-state index contributed by atoms with van der Waals surface area (Å²) in [6.07, 6.45) is 2.85. The summed E-state index contributed by atoms with van der Waals surface area (Å²) in [5, 5.41) is 5.79. The van der Waals surface area contributed by atoms with Gasteiger partial charge in [0.15, 0.2) is 10.7 Å². The van der Waals surface area contributed by atoms with Gasteiger partial charge in [-0.2, -0.15) is 0 Å². The van der Waals surface area contributed by atoms with Crippen molar-refractivity contribution in [1.82, 2.24) is 15.0 Å². The Bertz CT molecular complexity index is 1560. The van der Waals surface area contributed by atoms with Gasteiger partial charge in [-0.15, -0.1) is 0 Å². The number of aromatic nitrogens is 3. The van der Waals surface area contributed by atoms with E-state index in [9.17, 15) is 12.8 Å². The molecule has 0 aliphatic heterocycles. The summed E-state index contributed by atoms with van der Waals surface area (Å²) in [4.78, 5) is 11.6. The minimum atomic E-state index is -4.66. The van der Waals surface area contributed by atoms with Crippen LogP contribution in [-0.2, 0) is 10.0 Å². The second-order valence-electron chi connectivity index (χ2n) is 8.06. The van der Waals surface area contributed by atoms with Gasteiger partial charge in [-0.25, -0.2) is 37.3 Å². The second-order valence-corrected chi connectivity index (χ2v) is 9.56. The Balaban J connectivity index is 1.97. The number of benzene rings is 2. The molecule has 0 saturated carbocycles. The summed E-state index contributed by atoms with van der Waals surface area (Å²) >= 11 is 0. The number of pyridine rings is 1. The maximum atomic E-state index is 15.2. The molecule has 0 fully saturated rings. The molecule has 0 unspecified atom stereocenters. The summed E-state index contributed by atoms with van der Waals surface area (Å²) in [5.41, 5.74) is 2.45. The lowest BCUT2D eigenvalue weighted by Crippen LogP contribution is -2.16. The molecular weight excluding hydrogens is 478 g/mol. The van der Waals surface area contributed by atoms with Gasteiger partial charge in [0, 0.05) is 34.0 Å². The van der Waals surface area contributed by atoms with E-state index in [1.807, 2.05) is 26.8 Å². The van der Waals surface area contributed by atoms with Gasteiger partial charge >= 0.3 is 0 Å². The topological polar surface area (TPSA) is 117 Å². The monoisotopic (exact) mass is 500 g/mol. The van der Waals surface area contributed by atoms with Crippen molar-refractivity contribution in [1.29, 1.82) is 0 Å². The van der Waals surface area contributed by atoms with Gasteiger partial charge in [-0.05, 0) is 56.7 Å². The fourth-order valence-corrected chi connectivity index (χ4v) is 4.44. The zero-order valence-corrected chi connectivity index (χ0v) is 20.2. The minimum Gasteiger partial charge on any atom is -0.489 e. The molecule has 0 bridgehead atoms. The predicted molar refractivity (Wildman–Crippen MR) is 127 cm³/mol. The number of aryl methyl sites for hydroxylation is 1. The third kappa shape index (κ3) is 4.64. The van der Waals surface area contributed by atoms with E-state index in [4.69, 9.17) is 14.6 Å². The van der Waals surface area contributed by atoms with E-state index < -0.39 is 26.6 Å². The number of ether oxygens (including phenoxy) is 2. The fourth-order valence-electron chi connectivity index (χ4n) is 3.74. The van der Waals surface area contributed by atoms with Crippen molar-refractivity contribution in [2.24, 2.45) is 5.14 Å². The predicted octanol–water partition coefficient (Wildman–Crippen LogP) is 4.39. The molecule has 2 aromatic carbocycles. The molecule has 0 spiro atoms. The molecular formula is C24H22F2N4O4S. The van der Waals surface area contributed by atoms with Crippen LogP contribution in [0.5, 0.6) is 11.6 Å². The van der Waals surface area contributed by atoms with Crippen LogP contribution >= 0.6 is 0 Å². The van der Waals surface area contributed by atoms with Gasteiger partial charge in [0.1, 0.15) is 23.4 Å². The first kappa shape index (κ1) is 24.4. The van der Waals surface area contributed by atoms with Crippen LogP contribution in [0.15, 0.2) is 47.8 Å². The standard InChI is InChI=1S/C24H22F2N4O4S/c1-12(2)34-20-9-14(7-17-13(3)29-11-30-22(17)20)15-8-18(24(33-4)28-10-15)16-5-6-19(25)23(21(16)26)35(27,31)32/h5-12H,1-4H3,(H2,27,31,32). The van der Waals surface area contributed by atoms with E-state index in [2.05, 4.69) is 15.0 Å². The molecule has 2 N–H and O–H groups in total. The van der Waals surface area contributed by atoms with Crippen molar-refractivity contribution in [2.75, 3.05) is 7.11 Å². The van der Waals surface area contributed by atoms with Crippen LogP contribution in [0.2, 0.25) is 0 Å². The van der Waals surface area contributed by atoms with E-state index in [1.165, 1.54) is 19.6 Å². The van der Waals surface area contributed by atoms with Crippen LogP contribution in [0.3, 0.4) is 0 Å². The fraction of sp³-hybridized carbons (Fsp3) is 0.208. The third-order valence-corrected chi connectivity index (χ3v) is 6.21. The van der Waals surface area contributed by atoms with E-state index >= 15 is 4.39 Å². The van der Waals surface area contributed by atoms with E-state index in [-0.39, 0.29) is 23.1 Å². The lowest BCUT2D eigenvalue weighted by atomic mass is 9.99. The average molecular weight is 501 g/mol. The molecule has 2 aromatic heterocycles. The van der Waals surface area contributed by atoms with E-state index in [0.717, 1.165) is 23.2 Å². The molecule has 2 heterocycles. The number of rotatable bonds is 6. The van der Waals surface area contributed by atoms with Crippen LogP contribution < -0.4 is 14.6 Å². The first-order valence-electron chi connectivity index (χ1n) is 10.5. The molecule has 4 aromatic rings. The first-order valence-corrected chi connectivity index (χ1v) is 12.0. The summed E-state index contributed by atoms with van der Waals surface area (Å²) in [6.45, 7) is 5.62. The molecule has 11 heteroatoms. The minimum absolute atomic E-state index is 0.0126. The third-order valence-electron chi connectivity index (χ3n) is 5.27. The zero-order valence-electron chi connectivity index (χ0n) is 19.3. The van der Waals surface area contributed by atoms with E-state index in [0.29, 0.717) is 22.4 Å². The maximum Gasteiger partial charge on any atom is 0.243 e. The highest BCUT2D eigenvalue weighted by Crippen LogP contribution is 2.38. The number of hydrogen-bond acceptors (Lipinski definition) is 7. The Morgan fingerprint density at radius 1 is 1.00 bits per heavy atom. The highest BCUT2D eigenvalue weighted by molar-refractivity contribution is 7.89. The van der Waals surface area contributed by atoms with Gasteiger partial charge in [0.2, 0.25) is 15.9 Å². The normalized spacial score (nSPS) is 11.8. The number of halogens is 2. The van der Waals surface area contributed by atoms with Crippen molar-refractivity contribution in [3.05, 3.63) is 60.2 Å². The molecule has 0 aliphatic carbocycles. The summed E-state index contributed by atoms with van der Waals surface area (Å²) in [6, 6.07) is 7.12. The molecule has 0 saturated heterocycles. The highest BCUT2D eigenvalue weighted by atomic mass is 32.2. The van der Waals surface area contributed by atoms with Crippen LogP contribution in [0.1, 0.15) is 19.5 Å². The van der Waals surface area contributed by atoms with Crippen LogP contribution in [0.4, 0.5) is 8.78 Å². The zero-order chi connectivity index (χ0) is 25.5. The Labute approximate surface area is 200 Å². The smallest absolute Gasteiger partial charge is 0.243 e. The lowest BCUT2D eigenvalue weighted by Gasteiger charge is -2.16. The van der Waals surface area contributed by atoms with Crippen molar-refractivity contribution in [3.63, 3.8) is 0 Å². The number of primary sulfonamides is 1. The molecule has 182 valence electrons. The largest absolute Gasteiger partial charge is 0.489 e. The molecule has 4 rings (SSSR count). The van der Waals surface area contributed by atoms with Crippen LogP contribution in [0.25, 0.3) is 33.2 Å². The average Bonchev–Trinajstić information content (AvgIpc) is 2.78. The van der Waals surface area contributed by atoms with E-state index in [1.54, 1.807) is 12.1 Å². The highest BCUT2D eigenvalue weighted by Gasteiger charge is 2.25. The number of hydrogen-bond donors (Lipinski definition) is 1. The van der Waals surface area contributed by atoms with Gasteiger partial charge in [0.05, 0.1) is 13.2 Å². The quantitative estimate of drug-likeness (QED) is 0.417. The number of nitrogens with zero attached hydrogens (tertiary/aromatic N) is 3. The molecule has 35 heavy (non-hydrogen) atoms. The van der Waals surface area contributed by atoms with Gasteiger partial charge < -0.3 is 9.47 Å². The van der Waals surface area contributed by atoms with Crippen molar-refractivity contribution in [3.8, 4) is 33.9 Å². The molecule has 0 aliphatic rings. The number of sulfonamides is 1. The summed E-state index contributed by atoms with van der Waals surface area (Å²) < 4.78 is 64.2. The lowest BCUT2D eigenvalue weighted by molar-refractivity contribution is 0.245. The van der Waals surface area contributed by atoms with Crippen LogP contribution in [-0.4, -0.2) is 36.6 Å². The molecule has 0 atom stereocenters. The number of fused-ring (bicyclic) bond motifs is 1.